The minimum atomic E-state index is -1.03. The molecule has 6 aromatic rings. The van der Waals surface area contributed by atoms with Gasteiger partial charge in [0.2, 0.25) is 11.8 Å². The average molecular weight is 813 g/mol. The van der Waals surface area contributed by atoms with Crippen LogP contribution >= 0.6 is 0 Å². The number of hydrogen-bond acceptors (Lipinski definition) is 11. The van der Waals surface area contributed by atoms with E-state index in [2.05, 4.69) is 95.1 Å². The number of hydrogen-bond donors (Lipinski definition) is 2. The number of carbonyl (C=O) groups is 4. The highest BCUT2D eigenvalue weighted by Gasteiger charge is 2.51. The fraction of sp³-hybridized carbons (Fsp3) is 0.289. The van der Waals surface area contributed by atoms with Crippen molar-refractivity contribution >= 4 is 35.0 Å². The Hall–Kier alpha value is -7.54. The normalized spacial score (nSPS) is 17.2. The summed E-state index contributed by atoms with van der Waals surface area (Å²) in [5, 5.41) is 27.4. The Morgan fingerprint density at radius 3 is 2.52 bits per heavy atom. The second kappa shape index (κ2) is 14.9. The second-order valence-corrected chi connectivity index (χ2v) is 15.9. The van der Waals surface area contributed by atoms with Crippen molar-refractivity contribution in [1.82, 2.24) is 49.8 Å². The van der Waals surface area contributed by atoms with Crippen LogP contribution in [0.5, 0.6) is 0 Å². The van der Waals surface area contributed by atoms with Crippen LogP contribution in [0.4, 0.5) is 5.69 Å². The highest BCUT2D eigenvalue weighted by atomic mass is 16.2. The molecular weight excluding hydrogens is 773 g/mol. The molecule has 6 heterocycles. The third-order valence-corrected chi connectivity index (χ3v) is 11.7. The number of fused-ring (bicyclic) bond motifs is 5. The van der Waals surface area contributed by atoms with Crippen molar-refractivity contribution in [2.75, 3.05) is 5.32 Å². The number of aromatic nitrogens is 8. The molecule has 3 aliphatic heterocycles. The van der Waals surface area contributed by atoms with Crippen LogP contribution in [0.3, 0.4) is 0 Å². The summed E-state index contributed by atoms with van der Waals surface area (Å²) >= 11 is 0. The summed E-state index contributed by atoms with van der Waals surface area (Å²) in [5.41, 5.74) is 8.18. The minimum absolute atomic E-state index is 0.0599. The SMILES string of the molecule is Cc1nnc2n1-c1ccc(-c3cnn(C)c3)cc1C(c1ccc(C#CCCCCn3cc(CNc4cccc5c4C(=O)N(C4CCC(=O)NC4=O)C5=O)nn3)cc1)=NC21CC1. The lowest BCUT2D eigenvalue weighted by Crippen LogP contribution is -2.54. The molecule has 61 heavy (non-hydrogen) atoms. The van der Waals surface area contributed by atoms with E-state index in [0.717, 1.165) is 87.9 Å². The molecule has 4 aliphatic rings. The Morgan fingerprint density at radius 1 is 0.902 bits per heavy atom. The summed E-state index contributed by atoms with van der Waals surface area (Å²) in [6.45, 7) is 2.93. The Bertz CT molecular complexity index is 2890. The van der Waals surface area contributed by atoms with E-state index in [0.29, 0.717) is 17.9 Å². The highest BCUT2D eigenvalue weighted by Crippen LogP contribution is 2.52. The quantitative estimate of drug-likeness (QED) is 0.112. The number of imide groups is 2. The fourth-order valence-corrected chi connectivity index (χ4v) is 8.36. The van der Waals surface area contributed by atoms with Gasteiger partial charge in [0, 0.05) is 60.6 Å². The molecule has 10 rings (SSSR count). The largest absolute Gasteiger partial charge is 0.379 e. The molecule has 0 radical (unpaired) electrons. The fourth-order valence-electron chi connectivity index (χ4n) is 8.36. The number of nitrogens with one attached hydrogen (secondary N) is 2. The third kappa shape index (κ3) is 6.87. The van der Waals surface area contributed by atoms with Gasteiger partial charge in [0.15, 0.2) is 5.82 Å². The van der Waals surface area contributed by atoms with Gasteiger partial charge < -0.3 is 5.32 Å². The van der Waals surface area contributed by atoms with Crippen molar-refractivity contribution in [2.24, 2.45) is 12.0 Å². The first kappa shape index (κ1) is 37.7. The highest BCUT2D eigenvalue weighted by molar-refractivity contribution is 6.25. The van der Waals surface area contributed by atoms with E-state index >= 15 is 0 Å². The van der Waals surface area contributed by atoms with E-state index in [1.165, 1.54) is 0 Å². The summed E-state index contributed by atoms with van der Waals surface area (Å²) in [7, 11) is 1.92. The topological polar surface area (TPSA) is 187 Å². The predicted molar refractivity (Wildman–Crippen MR) is 222 cm³/mol. The maximum Gasteiger partial charge on any atom is 0.264 e. The van der Waals surface area contributed by atoms with Crippen LogP contribution in [0.25, 0.3) is 16.8 Å². The molecule has 1 saturated carbocycles. The summed E-state index contributed by atoms with van der Waals surface area (Å²) in [5.74, 6) is 6.20. The van der Waals surface area contributed by atoms with Gasteiger partial charge in [-0.1, -0.05) is 41.3 Å². The summed E-state index contributed by atoms with van der Waals surface area (Å²) < 4.78 is 5.75. The van der Waals surface area contributed by atoms with Crippen LogP contribution in [-0.2, 0) is 35.3 Å². The van der Waals surface area contributed by atoms with Gasteiger partial charge >= 0.3 is 0 Å². The molecule has 1 unspecified atom stereocenters. The van der Waals surface area contributed by atoms with Crippen LogP contribution in [0.15, 0.2) is 84.2 Å². The number of amides is 4. The number of rotatable bonds is 10. The molecule has 0 bridgehead atoms. The average Bonchev–Trinajstić information content (AvgIpc) is 3.51. The van der Waals surface area contributed by atoms with Crippen molar-refractivity contribution < 1.29 is 19.2 Å². The van der Waals surface area contributed by atoms with Crippen molar-refractivity contribution in [2.45, 2.75) is 76.5 Å². The van der Waals surface area contributed by atoms with Gasteiger partial charge in [-0.05, 0) is 81.0 Å². The monoisotopic (exact) mass is 812 g/mol. The molecule has 2 fully saturated rings. The molecule has 2 N–H and O–H groups in total. The van der Waals surface area contributed by atoms with E-state index in [9.17, 15) is 19.2 Å². The van der Waals surface area contributed by atoms with E-state index in [-0.39, 0.29) is 36.1 Å². The molecule has 4 amide bonds. The summed E-state index contributed by atoms with van der Waals surface area (Å²) in [4.78, 5) is 57.1. The lowest BCUT2D eigenvalue weighted by atomic mass is 9.96. The number of benzene rings is 3. The Kier molecular flexibility index (Phi) is 9.23. The maximum atomic E-state index is 13.4. The molecule has 1 aliphatic carbocycles. The maximum absolute atomic E-state index is 13.4. The van der Waals surface area contributed by atoms with Crippen molar-refractivity contribution in [3.63, 3.8) is 0 Å². The standard InChI is InChI=1S/C45H40N12O4/c1-27-50-52-44-45(19-20-45)49-40(34-22-30(15-16-36(34)56(27)44)31-23-47-54(2)25-31)29-13-11-28(12-14-29)8-5-3-4-6-21-55-26-32(51-53-55)24-46-35-10-7-9-33-39(35)43(61)57(42(33)60)37-17-18-38(58)48-41(37)59/h7,9-16,22-23,25-26,37,46H,3-4,6,17-21,24H2,1-2H3,(H,48,58,59). The number of anilines is 1. The molecule has 1 spiro atoms. The Labute approximate surface area is 350 Å². The molecule has 16 nitrogen and oxygen atoms in total. The lowest BCUT2D eigenvalue weighted by Gasteiger charge is -2.27. The van der Waals surface area contributed by atoms with Crippen LogP contribution < -0.4 is 10.6 Å². The first-order valence-corrected chi connectivity index (χ1v) is 20.4. The second-order valence-electron chi connectivity index (χ2n) is 15.9. The summed E-state index contributed by atoms with van der Waals surface area (Å²) in [6.07, 6.45) is 10.2. The number of piperidine rings is 1. The zero-order chi connectivity index (χ0) is 41.8. The number of carbonyl (C=O) groups excluding carboxylic acids is 4. The van der Waals surface area contributed by atoms with E-state index in [4.69, 9.17) is 4.99 Å². The smallest absolute Gasteiger partial charge is 0.264 e. The van der Waals surface area contributed by atoms with Gasteiger partial charge in [0.05, 0.1) is 41.5 Å². The van der Waals surface area contributed by atoms with Crippen molar-refractivity contribution in [3.05, 3.63) is 124 Å². The number of aliphatic imine (C=N–C) groups is 1. The predicted octanol–water partition coefficient (Wildman–Crippen LogP) is 4.64. The van der Waals surface area contributed by atoms with Crippen molar-refractivity contribution in [3.8, 4) is 28.7 Å². The summed E-state index contributed by atoms with van der Waals surface area (Å²) in [6, 6.07) is 18.7. The molecule has 1 atom stereocenters. The van der Waals surface area contributed by atoms with Gasteiger partial charge in [-0.3, -0.25) is 48.3 Å². The first-order chi connectivity index (χ1) is 29.7. The number of unbranched alkanes of at least 4 members (excludes halogenated alkanes) is 2. The van der Waals surface area contributed by atoms with Gasteiger partial charge in [-0.25, -0.2) is 0 Å². The van der Waals surface area contributed by atoms with Crippen LogP contribution in [0.2, 0.25) is 0 Å². The zero-order valence-corrected chi connectivity index (χ0v) is 33.6. The molecule has 304 valence electrons. The zero-order valence-electron chi connectivity index (χ0n) is 33.6. The lowest BCUT2D eigenvalue weighted by molar-refractivity contribution is -0.136. The Morgan fingerprint density at radius 2 is 1.74 bits per heavy atom. The van der Waals surface area contributed by atoms with Gasteiger partial charge in [0.1, 0.15) is 23.1 Å². The number of aryl methyl sites for hydroxylation is 3. The molecular formula is C45H40N12O4. The van der Waals surface area contributed by atoms with Gasteiger partial charge in [0.25, 0.3) is 11.8 Å². The number of nitrogens with zero attached hydrogens (tertiary/aromatic N) is 10. The molecule has 16 heteroatoms. The van der Waals surface area contributed by atoms with Crippen molar-refractivity contribution in [1.29, 1.82) is 0 Å². The first-order valence-electron chi connectivity index (χ1n) is 20.4. The Balaban J connectivity index is 0.755. The van der Waals surface area contributed by atoms with E-state index in [1.807, 2.05) is 37.2 Å². The van der Waals surface area contributed by atoms with E-state index < -0.39 is 29.7 Å². The van der Waals surface area contributed by atoms with Gasteiger partial charge in [-0.15, -0.1) is 15.3 Å². The van der Waals surface area contributed by atoms with Gasteiger partial charge in [-0.2, -0.15) is 5.10 Å². The molecule has 1 saturated heterocycles. The van der Waals surface area contributed by atoms with Crippen LogP contribution in [0, 0.1) is 18.8 Å². The minimum Gasteiger partial charge on any atom is -0.379 e. The van der Waals surface area contributed by atoms with Crippen LogP contribution in [0.1, 0.15) is 99.7 Å². The van der Waals surface area contributed by atoms with Crippen LogP contribution in [-0.4, -0.2) is 79.8 Å². The van der Waals surface area contributed by atoms with E-state index in [1.54, 1.807) is 22.9 Å². The third-order valence-electron chi connectivity index (χ3n) is 11.7. The molecule has 3 aromatic heterocycles. The molecule has 3 aromatic carbocycles.